The van der Waals surface area contributed by atoms with Crippen molar-refractivity contribution in [2.75, 3.05) is 4.90 Å². The van der Waals surface area contributed by atoms with Gasteiger partial charge in [0.25, 0.3) is 0 Å². The van der Waals surface area contributed by atoms with Crippen LogP contribution in [0.4, 0.5) is 10.6 Å². The zero-order chi connectivity index (χ0) is 34.5. The molecule has 6 rings (SSSR count). The van der Waals surface area contributed by atoms with E-state index in [1.807, 2.05) is 62.4 Å². The summed E-state index contributed by atoms with van der Waals surface area (Å²) in [6, 6.07) is 22.4. The van der Waals surface area contributed by atoms with E-state index in [2.05, 4.69) is 30.2 Å². The molecule has 252 valence electrons. The number of amides is 1. The Morgan fingerprint density at radius 3 is 2.29 bits per heavy atom. The van der Waals surface area contributed by atoms with Crippen LogP contribution in [0.5, 0.6) is 0 Å². The number of anilines is 1. The van der Waals surface area contributed by atoms with E-state index in [-0.39, 0.29) is 24.5 Å². The highest BCUT2D eigenvalue weighted by atomic mass is 17.1. The van der Waals surface area contributed by atoms with Crippen molar-refractivity contribution in [3.05, 3.63) is 107 Å². The molecule has 0 saturated carbocycles. The largest absolute Gasteiger partial charge is 0.510 e. The Balaban J connectivity index is 1.09. The molecule has 1 amide bonds. The van der Waals surface area contributed by atoms with Crippen LogP contribution in [-0.4, -0.2) is 58.0 Å². The number of fused-ring (bicyclic) bond motifs is 1. The van der Waals surface area contributed by atoms with Crippen LogP contribution in [0, 0.1) is 13.8 Å². The van der Waals surface area contributed by atoms with Crippen molar-refractivity contribution >= 4 is 17.9 Å². The Kier molecular flexibility index (Phi) is 9.96. The maximum Gasteiger partial charge on any atom is 0.510 e. The molecular formula is C34H34N8O7. The lowest BCUT2D eigenvalue weighted by atomic mass is 9.98. The van der Waals surface area contributed by atoms with Crippen molar-refractivity contribution in [2.45, 2.75) is 59.6 Å². The van der Waals surface area contributed by atoms with Gasteiger partial charge >= 0.3 is 6.16 Å². The molecule has 0 spiro atoms. The minimum atomic E-state index is -0.914. The molecule has 1 unspecified atom stereocenters. The van der Waals surface area contributed by atoms with Crippen LogP contribution in [0.25, 0.3) is 22.5 Å². The van der Waals surface area contributed by atoms with E-state index in [1.165, 1.54) is 4.80 Å². The van der Waals surface area contributed by atoms with Gasteiger partial charge in [-0.05, 0) is 60.2 Å². The first-order valence-corrected chi connectivity index (χ1v) is 15.5. The van der Waals surface area contributed by atoms with E-state index < -0.39 is 12.4 Å². The van der Waals surface area contributed by atoms with Gasteiger partial charge in [0.05, 0.1) is 18.5 Å². The van der Waals surface area contributed by atoms with Gasteiger partial charge in [-0.25, -0.2) is 19.6 Å². The summed E-state index contributed by atoms with van der Waals surface area (Å²) >= 11 is 0. The SMILES string of the molecule is Cc1nc(C)c2c(n1)N(Cc1ccc(-c3ccccc3-c3nnn(C(C)OC(=O)OCc4ccc(CON(O)O)cc4)n3)cc1)C(=O)CC2. The molecule has 0 bridgehead atoms. The smallest absolute Gasteiger partial charge is 0.429 e. The average molecular weight is 667 g/mol. The molecule has 3 heterocycles. The van der Waals surface area contributed by atoms with Gasteiger partial charge in [0, 0.05) is 23.2 Å². The van der Waals surface area contributed by atoms with Crippen LogP contribution in [0.1, 0.15) is 53.3 Å². The number of tetrazole rings is 1. The molecule has 0 radical (unpaired) electrons. The molecule has 15 heteroatoms. The normalized spacial score (nSPS) is 13.3. The third-order valence-electron chi connectivity index (χ3n) is 7.97. The minimum absolute atomic E-state index is 0.0399. The van der Waals surface area contributed by atoms with E-state index in [1.54, 1.807) is 36.1 Å². The van der Waals surface area contributed by atoms with Gasteiger partial charge in [-0.2, -0.15) is 0 Å². The highest BCUT2D eigenvalue weighted by molar-refractivity contribution is 5.95. The Morgan fingerprint density at radius 2 is 1.57 bits per heavy atom. The van der Waals surface area contributed by atoms with E-state index in [4.69, 9.17) is 19.9 Å². The summed E-state index contributed by atoms with van der Waals surface area (Å²) in [6.45, 7) is 5.69. The fourth-order valence-corrected chi connectivity index (χ4v) is 5.50. The molecule has 2 N–H and O–H groups in total. The van der Waals surface area contributed by atoms with E-state index in [9.17, 15) is 9.59 Å². The number of aryl methyl sites for hydroxylation is 2. The van der Waals surface area contributed by atoms with Gasteiger partial charge in [-0.3, -0.25) is 20.1 Å². The van der Waals surface area contributed by atoms with Crippen molar-refractivity contribution in [3.8, 4) is 22.5 Å². The first-order valence-electron chi connectivity index (χ1n) is 15.5. The molecule has 5 aromatic rings. The number of rotatable bonds is 11. The van der Waals surface area contributed by atoms with Crippen molar-refractivity contribution in [1.29, 1.82) is 0 Å². The first kappa shape index (κ1) is 33.3. The molecule has 0 fully saturated rings. The maximum absolute atomic E-state index is 12.9. The fourth-order valence-electron chi connectivity index (χ4n) is 5.50. The quantitative estimate of drug-likeness (QED) is 0.138. The summed E-state index contributed by atoms with van der Waals surface area (Å²) in [5.74, 6) is 1.72. The Morgan fingerprint density at radius 1 is 0.898 bits per heavy atom. The zero-order valence-electron chi connectivity index (χ0n) is 27.1. The van der Waals surface area contributed by atoms with E-state index in [0.29, 0.717) is 48.0 Å². The summed E-state index contributed by atoms with van der Waals surface area (Å²) < 4.78 is 10.6. The van der Waals surface area contributed by atoms with Crippen LogP contribution in [-0.2, 0) is 45.3 Å². The number of carbonyl (C=O) groups is 2. The van der Waals surface area contributed by atoms with Crippen molar-refractivity contribution < 1.29 is 34.3 Å². The van der Waals surface area contributed by atoms with Gasteiger partial charge in [-0.15, -0.1) is 15.0 Å². The number of benzene rings is 3. The maximum atomic E-state index is 12.9. The monoisotopic (exact) mass is 666 g/mol. The summed E-state index contributed by atoms with van der Waals surface area (Å²) in [7, 11) is 0. The van der Waals surface area contributed by atoms with Gasteiger partial charge in [0.1, 0.15) is 18.2 Å². The molecular weight excluding hydrogens is 632 g/mol. The molecule has 1 atom stereocenters. The summed E-state index contributed by atoms with van der Waals surface area (Å²) in [4.78, 5) is 41.9. The molecule has 1 aliphatic heterocycles. The number of carbonyl (C=O) groups excluding carboxylic acids is 2. The lowest BCUT2D eigenvalue weighted by molar-refractivity contribution is -0.497. The van der Waals surface area contributed by atoms with Crippen LogP contribution < -0.4 is 4.90 Å². The summed E-state index contributed by atoms with van der Waals surface area (Å²) in [5, 5.41) is 29.7. The van der Waals surface area contributed by atoms with Crippen LogP contribution >= 0.6 is 0 Å². The third-order valence-corrected chi connectivity index (χ3v) is 7.97. The molecule has 2 aromatic heterocycles. The van der Waals surface area contributed by atoms with Crippen LogP contribution in [0.15, 0.2) is 72.8 Å². The second-order valence-corrected chi connectivity index (χ2v) is 11.4. The van der Waals surface area contributed by atoms with E-state index >= 15 is 0 Å². The topological polar surface area (TPSA) is 178 Å². The standard InChI is InChI=1S/C34H34N8O7/c1-21-28-16-17-31(43)40(33(28)36-22(2)35-21)18-24-12-14-27(15-13-24)29-6-4-5-7-30(29)32-37-39-41(38-32)23(3)49-34(44)47-19-25-8-10-26(11-9-25)20-48-42(45)46/h4-15,23,45-46H,16-20H2,1-3H3. The third kappa shape index (κ3) is 7.93. The molecule has 3 aromatic carbocycles. The fraction of sp³-hybridized carbons (Fsp3) is 0.265. The highest BCUT2D eigenvalue weighted by Gasteiger charge is 2.28. The lowest BCUT2D eigenvalue weighted by Gasteiger charge is -2.29. The number of nitrogens with zero attached hydrogens (tertiary/aromatic N) is 8. The Labute approximate surface area is 281 Å². The molecule has 1 aliphatic rings. The van der Waals surface area contributed by atoms with Gasteiger partial charge in [0.2, 0.25) is 18.0 Å². The minimum Gasteiger partial charge on any atom is -0.429 e. The number of ether oxygens (including phenoxy) is 2. The predicted molar refractivity (Wildman–Crippen MR) is 172 cm³/mol. The lowest BCUT2D eigenvalue weighted by Crippen LogP contribution is -2.36. The second-order valence-electron chi connectivity index (χ2n) is 11.4. The zero-order valence-corrected chi connectivity index (χ0v) is 27.1. The molecule has 49 heavy (non-hydrogen) atoms. The predicted octanol–water partition coefficient (Wildman–Crippen LogP) is 5.28. The first-order chi connectivity index (χ1) is 23.6. The van der Waals surface area contributed by atoms with E-state index in [0.717, 1.165) is 33.5 Å². The molecule has 0 aliphatic carbocycles. The second kappa shape index (κ2) is 14.7. The molecule has 0 saturated heterocycles. The Hall–Kier alpha value is -5.61. The Bertz CT molecular complexity index is 1950. The van der Waals surface area contributed by atoms with Crippen molar-refractivity contribution in [1.82, 2.24) is 35.6 Å². The number of aromatic nitrogens is 6. The van der Waals surface area contributed by atoms with Gasteiger partial charge < -0.3 is 9.47 Å². The van der Waals surface area contributed by atoms with Crippen LogP contribution in [0.2, 0.25) is 0 Å². The summed E-state index contributed by atoms with van der Waals surface area (Å²) in [6.07, 6.45) is -0.746. The number of hydrogen-bond donors (Lipinski definition) is 2. The summed E-state index contributed by atoms with van der Waals surface area (Å²) in [5.41, 5.74) is 6.79. The van der Waals surface area contributed by atoms with Gasteiger partial charge in [-0.1, -0.05) is 72.8 Å². The van der Waals surface area contributed by atoms with Crippen molar-refractivity contribution in [2.24, 2.45) is 0 Å². The number of hydrogen-bond acceptors (Lipinski definition) is 13. The van der Waals surface area contributed by atoms with Crippen LogP contribution in [0.3, 0.4) is 0 Å². The van der Waals surface area contributed by atoms with Gasteiger partial charge in [0.15, 0.2) is 0 Å². The highest BCUT2D eigenvalue weighted by Crippen LogP contribution is 2.32. The molecule has 15 nitrogen and oxygen atoms in total. The average Bonchev–Trinajstić information content (AvgIpc) is 3.59. The van der Waals surface area contributed by atoms with Crippen molar-refractivity contribution in [3.63, 3.8) is 0 Å².